The molecule has 2 aromatic rings. The maximum Gasteiger partial charge on any atom is 0.306 e. The molecule has 0 bridgehead atoms. The maximum atomic E-state index is 12.6. The number of halogens is 1. The Balaban J connectivity index is 1.79. The molecule has 1 aliphatic rings. The number of aliphatic hydroxyl groups excluding tert-OH is 1. The number of ether oxygens (including phenoxy) is 1. The number of aliphatic hydroxyl groups is 1. The predicted molar refractivity (Wildman–Crippen MR) is 132 cm³/mol. The largest absolute Gasteiger partial charge is 0.460 e. The summed E-state index contributed by atoms with van der Waals surface area (Å²) in [5.74, 6) is 1.51. The zero-order valence-corrected chi connectivity index (χ0v) is 21.3. The monoisotopic (exact) mass is 474 g/mol. The zero-order valence-electron chi connectivity index (χ0n) is 20.6. The van der Waals surface area contributed by atoms with Crippen molar-refractivity contribution in [2.24, 2.45) is 5.92 Å². The fraction of sp³-hybridized carbons (Fsp3) is 0.630. The second kappa shape index (κ2) is 11.5. The maximum absolute atomic E-state index is 12.6. The summed E-state index contributed by atoms with van der Waals surface area (Å²) in [6.45, 7) is 8.40. The number of imidazole rings is 1. The highest BCUT2D eigenvalue weighted by atomic mass is 35.5. The standard InChI is InChI=1S/C27H39ClN2O3/c1-5-6-11-24-29-26(28)23(18-31)30(24)17-19-12-14-21(15-13-19)22(20-9-7-8-10-20)16-25(32)33-27(2,3)4/h12-15,20,22,31H,5-11,16-18H2,1-4H3. The number of rotatable bonds is 10. The lowest BCUT2D eigenvalue weighted by molar-refractivity contribution is -0.155. The molecule has 1 heterocycles. The molecule has 0 aliphatic heterocycles. The van der Waals surface area contributed by atoms with Gasteiger partial charge in [-0.25, -0.2) is 4.98 Å². The fourth-order valence-electron chi connectivity index (χ4n) is 4.90. The molecule has 1 aliphatic carbocycles. The number of hydrogen-bond acceptors (Lipinski definition) is 4. The van der Waals surface area contributed by atoms with Crippen LogP contribution in [0.4, 0.5) is 0 Å². The van der Waals surface area contributed by atoms with Gasteiger partial charge in [0.15, 0.2) is 5.15 Å². The number of hydrogen-bond donors (Lipinski definition) is 1. The molecule has 0 radical (unpaired) electrons. The first kappa shape index (κ1) is 25.8. The van der Waals surface area contributed by atoms with Gasteiger partial charge in [-0.2, -0.15) is 0 Å². The topological polar surface area (TPSA) is 64.4 Å². The molecule has 1 unspecified atom stereocenters. The molecule has 1 aromatic heterocycles. The Hall–Kier alpha value is -1.85. The highest BCUT2D eigenvalue weighted by Crippen LogP contribution is 2.40. The van der Waals surface area contributed by atoms with Gasteiger partial charge in [-0.1, -0.05) is 62.1 Å². The van der Waals surface area contributed by atoms with E-state index in [2.05, 4.69) is 36.2 Å². The van der Waals surface area contributed by atoms with Crippen molar-refractivity contribution < 1.29 is 14.6 Å². The second-order valence-electron chi connectivity index (χ2n) is 10.3. The van der Waals surface area contributed by atoms with E-state index in [1.54, 1.807) is 0 Å². The number of unbranched alkanes of at least 4 members (excludes halogenated alkanes) is 1. The molecule has 0 amide bonds. The van der Waals surface area contributed by atoms with Crippen molar-refractivity contribution >= 4 is 17.6 Å². The second-order valence-corrected chi connectivity index (χ2v) is 10.7. The van der Waals surface area contributed by atoms with Crippen molar-refractivity contribution in [1.82, 2.24) is 9.55 Å². The van der Waals surface area contributed by atoms with Gasteiger partial charge in [0.2, 0.25) is 0 Å². The number of aromatic nitrogens is 2. The normalized spacial score (nSPS) is 15.7. The van der Waals surface area contributed by atoms with Gasteiger partial charge >= 0.3 is 5.97 Å². The summed E-state index contributed by atoms with van der Waals surface area (Å²) in [6.07, 6.45) is 8.19. The Morgan fingerprint density at radius 2 is 1.91 bits per heavy atom. The molecular formula is C27H39ClN2O3. The molecule has 1 fully saturated rings. The molecule has 182 valence electrons. The molecule has 0 spiro atoms. The Morgan fingerprint density at radius 1 is 1.24 bits per heavy atom. The first-order valence-electron chi connectivity index (χ1n) is 12.4. The van der Waals surface area contributed by atoms with Crippen LogP contribution in [0.15, 0.2) is 24.3 Å². The molecule has 6 heteroatoms. The molecule has 3 rings (SSSR count). The van der Waals surface area contributed by atoms with Gasteiger partial charge in [-0.3, -0.25) is 4.79 Å². The highest BCUT2D eigenvalue weighted by Gasteiger charge is 2.30. The van der Waals surface area contributed by atoms with E-state index in [1.807, 2.05) is 25.3 Å². The van der Waals surface area contributed by atoms with E-state index in [1.165, 1.54) is 31.2 Å². The fourth-order valence-corrected chi connectivity index (χ4v) is 5.16. The van der Waals surface area contributed by atoms with E-state index in [-0.39, 0.29) is 18.5 Å². The van der Waals surface area contributed by atoms with Crippen LogP contribution in [0.3, 0.4) is 0 Å². The van der Waals surface area contributed by atoms with Crippen molar-refractivity contribution in [2.45, 2.75) is 104 Å². The van der Waals surface area contributed by atoms with Crippen LogP contribution in [0, 0.1) is 5.92 Å². The van der Waals surface area contributed by atoms with Crippen molar-refractivity contribution in [3.63, 3.8) is 0 Å². The molecule has 1 aromatic carbocycles. The molecule has 33 heavy (non-hydrogen) atoms. The van der Waals surface area contributed by atoms with Crippen LogP contribution in [-0.4, -0.2) is 26.2 Å². The van der Waals surface area contributed by atoms with E-state index in [9.17, 15) is 9.90 Å². The number of benzene rings is 1. The van der Waals surface area contributed by atoms with Gasteiger partial charge in [0.05, 0.1) is 18.7 Å². The summed E-state index contributed by atoms with van der Waals surface area (Å²) in [5.41, 5.74) is 2.53. The van der Waals surface area contributed by atoms with Gasteiger partial charge in [0, 0.05) is 13.0 Å². The minimum atomic E-state index is -0.465. The Bertz CT molecular complexity index is 909. The summed E-state index contributed by atoms with van der Waals surface area (Å²) in [7, 11) is 0. The third-order valence-electron chi connectivity index (χ3n) is 6.53. The van der Waals surface area contributed by atoms with E-state index >= 15 is 0 Å². The molecule has 5 nitrogen and oxygen atoms in total. The lowest BCUT2D eigenvalue weighted by Gasteiger charge is -2.26. The van der Waals surface area contributed by atoms with Gasteiger partial charge < -0.3 is 14.4 Å². The van der Waals surface area contributed by atoms with Gasteiger partial charge in [0.1, 0.15) is 11.4 Å². The average molecular weight is 475 g/mol. The van der Waals surface area contributed by atoms with Crippen LogP contribution in [0.25, 0.3) is 0 Å². The lowest BCUT2D eigenvalue weighted by atomic mass is 9.82. The van der Waals surface area contributed by atoms with Crippen LogP contribution in [0.1, 0.15) is 101 Å². The number of aryl methyl sites for hydroxylation is 1. The third kappa shape index (κ3) is 7.07. The summed E-state index contributed by atoms with van der Waals surface area (Å²) < 4.78 is 7.68. The van der Waals surface area contributed by atoms with Crippen molar-refractivity contribution in [3.8, 4) is 0 Å². The van der Waals surface area contributed by atoms with E-state index < -0.39 is 5.60 Å². The molecule has 1 saturated carbocycles. The van der Waals surface area contributed by atoms with Crippen LogP contribution in [-0.2, 0) is 29.1 Å². The van der Waals surface area contributed by atoms with Gasteiger partial charge in [0.25, 0.3) is 0 Å². The minimum absolute atomic E-state index is 0.121. The minimum Gasteiger partial charge on any atom is -0.460 e. The lowest BCUT2D eigenvalue weighted by Crippen LogP contribution is -2.26. The predicted octanol–water partition coefficient (Wildman–Crippen LogP) is 6.43. The van der Waals surface area contributed by atoms with Gasteiger partial charge in [-0.05, 0) is 63.0 Å². The molecule has 1 atom stereocenters. The number of nitrogens with zero attached hydrogens (tertiary/aromatic N) is 2. The zero-order chi connectivity index (χ0) is 24.0. The van der Waals surface area contributed by atoms with E-state index in [0.717, 1.165) is 30.7 Å². The van der Waals surface area contributed by atoms with Crippen LogP contribution >= 0.6 is 11.6 Å². The Kier molecular flexibility index (Phi) is 9.00. The van der Waals surface area contributed by atoms with E-state index in [0.29, 0.717) is 29.7 Å². The van der Waals surface area contributed by atoms with E-state index in [4.69, 9.17) is 16.3 Å². The number of esters is 1. The Morgan fingerprint density at radius 3 is 2.48 bits per heavy atom. The Labute approximate surface area is 203 Å². The van der Waals surface area contributed by atoms with Crippen molar-refractivity contribution in [3.05, 3.63) is 52.1 Å². The summed E-state index contributed by atoms with van der Waals surface area (Å²) in [4.78, 5) is 17.1. The number of carbonyl (C=O) groups excluding carboxylic acids is 1. The summed E-state index contributed by atoms with van der Waals surface area (Å²) in [6, 6.07) is 8.58. The first-order chi connectivity index (χ1) is 15.7. The SMILES string of the molecule is CCCCc1nc(Cl)c(CO)n1Cc1ccc(C(CC(=O)OC(C)(C)C)C2CCCC2)cc1. The van der Waals surface area contributed by atoms with Crippen molar-refractivity contribution in [2.75, 3.05) is 0 Å². The summed E-state index contributed by atoms with van der Waals surface area (Å²) >= 11 is 6.29. The van der Waals surface area contributed by atoms with Crippen LogP contribution in [0.5, 0.6) is 0 Å². The first-order valence-corrected chi connectivity index (χ1v) is 12.7. The third-order valence-corrected chi connectivity index (χ3v) is 6.83. The number of carbonyl (C=O) groups is 1. The molecule has 1 N–H and O–H groups in total. The van der Waals surface area contributed by atoms with Gasteiger partial charge in [-0.15, -0.1) is 0 Å². The summed E-state index contributed by atoms with van der Waals surface area (Å²) in [5, 5.41) is 10.2. The van der Waals surface area contributed by atoms with Crippen LogP contribution in [0.2, 0.25) is 5.15 Å². The van der Waals surface area contributed by atoms with Crippen molar-refractivity contribution in [1.29, 1.82) is 0 Å². The van der Waals surface area contributed by atoms with Crippen LogP contribution < -0.4 is 0 Å². The highest BCUT2D eigenvalue weighted by molar-refractivity contribution is 6.30. The smallest absolute Gasteiger partial charge is 0.306 e. The molecule has 0 saturated heterocycles. The quantitative estimate of drug-likeness (QED) is 0.403. The average Bonchev–Trinajstić information content (AvgIpc) is 3.38. The molecular weight excluding hydrogens is 436 g/mol.